The lowest BCUT2D eigenvalue weighted by Crippen LogP contribution is -2.29. The van der Waals surface area contributed by atoms with Crippen LogP contribution in [-0.4, -0.2) is 18.6 Å². The summed E-state index contributed by atoms with van der Waals surface area (Å²) in [6, 6.07) is 6.51. The van der Waals surface area contributed by atoms with Gasteiger partial charge >= 0.3 is 16.4 Å². The molecule has 1 aliphatic heterocycles. The largest absolute Gasteiger partial charge is 0.506 e. The van der Waals surface area contributed by atoms with Crippen molar-refractivity contribution in [3.8, 4) is 5.75 Å². The van der Waals surface area contributed by atoms with Crippen LogP contribution in [0.2, 0.25) is 0 Å². The van der Waals surface area contributed by atoms with Gasteiger partial charge in [0.1, 0.15) is 17.3 Å². The topological polar surface area (TPSA) is 89.9 Å². The van der Waals surface area contributed by atoms with E-state index in [9.17, 15) is 36.2 Å². The molecule has 0 aliphatic carbocycles. The van der Waals surface area contributed by atoms with Crippen LogP contribution in [0.15, 0.2) is 48.5 Å². The van der Waals surface area contributed by atoms with Crippen LogP contribution in [0.3, 0.4) is 0 Å². The number of aromatic hydroxyl groups is 1. The molecule has 27 heavy (non-hydrogen) atoms. The van der Waals surface area contributed by atoms with Crippen molar-refractivity contribution in [3.63, 3.8) is 0 Å². The summed E-state index contributed by atoms with van der Waals surface area (Å²) in [5, 5.41) is 19.4. The predicted octanol–water partition coefficient (Wildman–Crippen LogP) is 3.15. The van der Waals surface area contributed by atoms with Gasteiger partial charge in [0, 0.05) is 6.42 Å². The Bertz CT molecular complexity index is 1040. The molecule has 2 aromatic rings. The van der Waals surface area contributed by atoms with Gasteiger partial charge in [-0.15, -0.1) is 0 Å². The van der Waals surface area contributed by atoms with Gasteiger partial charge in [-0.1, -0.05) is 18.2 Å². The molecule has 6 nitrogen and oxygen atoms in total. The van der Waals surface area contributed by atoms with Gasteiger partial charge in [0.15, 0.2) is 0 Å². The number of anilines is 1. The van der Waals surface area contributed by atoms with Crippen molar-refractivity contribution in [3.05, 3.63) is 71.0 Å². The fourth-order valence-electron chi connectivity index (χ4n) is 2.61. The zero-order chi connectivity index (χ0) is 20.0. The summed E-state index contributed by atoms with van der Waals surface area (Å²) in [6.45, 7) is 0. The number of hydrogen-bond donors (Lipinski definition) is 3. The van der Waals surface area contributed by atoms with E-state index in [-0.39, 0.29) is 23.2 Å². The van der Waals surface area contributed by atoms with Crippen LogP contribution in [0.4, 0.5) is 23.2 Å². The number of hydrogen-bond acceptors (Lipinski definition) is 4. The number of nitrogens with zero attached hydrogens (tertiary/aromatic N) is 1. The molecule has 0 aromatic heterocycles. The molecule has 0 fully saturated rings. The van der Waals surface area contributed by atoms with Crippen LogP contribution in [0.5, 0.6) is 5.75 Å². The third kappa shape index (κ3) is 3.63. The number of halogens is 4. The Balaban J connectivity index is 1.92. The third-order valence-corrected chi connectivity index (χ3v) is 5.08. The Morgan fingerprint density at radius 3 is 2.37 bits per heavy atom. The molecule has 0 bridgehead atoms. The summed E-state index contributed by atoms with van der Waals surface area (Å²) in [4.78, 5) is 0. The predicted molar refractivity (Wildman–Crippen MR) is 87.6 cm³/mol. The van der Waals surface area contributed by atoms with Crippen molar-refractivity contribution in [2.24, 2.45) is 0 Å². The number of alkyl halides is 3. The highest BCUT2D eigenvalue weighted by Crippen LogP contribution is 2.35. The number of phenols is 1. The fourth-order valence-corrected chi connectivity index (χ4v) is 3.67. The van der Waals surface area contributed by atoms with E-state index in [1.54, 1.807) is 4.72 Å². The zero-order valence-electron chi connectivity index (χ0n) is 13.3. The first-order valence-corrected chi connectivity index (χ1v) is 8.82. The van der Waals surface area contributed by atoms with Crippen molar-refractivity contribution in [1.82, 2.24) is 4.72 Å². The minimum atomic E-state index is -4.84. The Hall–Kier alpha value is -2.95. The lowest BCUT2D eigenvalue weighted by molar-refractivity contribution is -0.140. The second kappa shape index (κ2) is 6.34. The van der Waals surface area contributed by atoms with E-state index < -0.39 is 39.4 Å². The molecule has 144 valence electrons. The molecule has 0 radical (unpaired) electrons. The quantitative estimate of drug-likeness (QED) is 0.686. The molecule has 1 heterocycles. The normalized spacial score (nSPS) is 16.1. The molecular weight excluding hydrogens is 392 g/mol. The van der Waals surface area contributed by atoms with Crippen LogP contribution in [0.1, 0.15) is 16.7 Å². The second-order valence-electron chi connectivity index (χ2n) is 5.69. The molecule has 0 unspecified atom stereocenters. The van der Waals surface area contributed by atoms with Gasteiger partial charge in [0.25, 0.3) is 0 Å². The Morgan fingerprint density at radius 1 is 1.11 bits per heavy atom. The number of aliphatic hydroxyl groups excluding tert-OH is 1. The smallest absolute Gasteiger partial charge is 0.419 e. The molecule has 11 heteroatoms. The molecule has 0 saturated carbocycles. The lowest BCUT2D eigenvalue weighted by atomic mass is 10.0. The van der Waals surface area contributed by atoms with Crippen LogP contribution >= 0.6 is 0 Å². The highest BCUT2D eigenvalue weighted by atomic mass is 32.2. The van der Waals surface area contributed by atoms with Crippen molar-refractivity contribution in [1.29, 1.82) is 0 Å². The van der Waals surface area contributed by atoms with Gasteiger partial charge < -0.3 is 10.2 Å². The Morgan fingerprint density at radius 2 is 1.81 bits per heavy atom. The minimum Gasteiger partial charge on any atom is -0.506 e. The summed E-state index contributed by atoms with van der Waals surface area (Å²) in [5.74, 6) is -2.58. The maximum atomic E-state index is 14.1. The monoisotopic (exact) mass is 404 g/mol. The average Bonchev–Trinajstić information content (AvgIpc) is 2.81. The molecule has 0 saturated heterocycles. The average molecular weight is 404 g/mol. The zero-order valence-corrected chi connectivity index (χ0v) is 14.1. The SMILES string of the molecule is O=S1(=O)NC(O)=CN1c1ccc(Cc2cccc(C(F)(F)F)c2F)cc1O. The van der Waals surface area contributed by atoms with E-state index in [0.717, 1.165) is 18.3 Å². The third-order valence-electron chi connectivity index (χ3n) is 3.79. The number of aliphatic hydroxyl groups is 1. The van der Waals surface area contributed by atoms with E-state index in [2.05, 4.69) is 0 Å². The molecule has 2 aromatic carbocycles. The van der Waals surface area contributed by atoms with Crippen molar-refractivity contribution in [2.75, 3.05) is 4.31 Å². The summed E-state index contributed by atoms with van der Waals surface area (Å²) in [6.07, 6.45) is -4.26. The van der Waals surface area contributed by atoms with Gasteiger partial charge in [0.05, 0.1) is 11.8 Å². The first-order valence-electron chi connectivity index (χ1n) is 7.38. The van der Waals surface area contributed by atoms with Gasteiger partial charge in [-0.25, -0.2) is 13.4 Å². The molecule has 1 aliphatic rings. The van der Waals surface area contributed by atoms with E-state index >= 15 is 0 Å². The molecule has 3 N–H and O–H groups in total. The van der Waals surface area contributed by atoms with Crippen molar-refractivity contribution >= 4 is 15.9 Å². The van der Waals surface area contributed by atoms with Gasteiger partial charge in [-0.05, 0) is 29.3 Å². The van der Waals surface area contributed by atoms with Crippen LogP contribution < -0.4 is 9.03 Å². The first kappa shape index (κ1) is 18.8. The molecule has 3 rings (SSSR count). The van der Waals surface area contributed by atoms with E-state index in [0.29, 0.717) is 10.4 Å². The van der Waals surface area contributed by atoms with Crippen LogP contribution in [0.25, 0.3) is 0 Å². The van der Waals surface area contributed by atoms with Crippen LogP contribution in [0, 0.1) is 5.82 Å². The molecular formula is C16H12F4N2O4S. The van der Waals surface area contributed by atoms with E-state index in [1.807, 2.05) is 0 Å². The molecule has 0 amide bonds. The number of benzene rings is 2. The minimum absolute atomic E-state index is 0.195. The maximum absolute atomic E-state index is 14.1. The summed E-state index contributed by atoms with van der Waals surface area (Å²) >= 11 is 0. The van der Waals surface area contributed by atoms with Gasteiger partial charge in [0.2, 0.25) is 5.88 Å². The Labute approximate surface area is 151 Å². The summed E-state index contributed by atoms with van der Waals surface area (Å²) in [5.41, 5.74) is -1.56. The lowest BCUT2D eigenvalue weighted by Gasteiger charge is -2.16. The summed E-state index contributed by atoms with van der Waals surface area (Å²) in [7, 11) is -4.12. The number of phenolic OH excluding ortho intramolecular Hbond substituents is 1. The first-order chi connectivity index (χ1) is 12.5. The van der Waals surface area contributed by atoms with E-state index in [1.165, 1.54) is 18.2 Å². The molecule has 0 atom stereocenters. The molecule has 0 spiro atoms. The Kier molecular flexibility index (Phi) is 4.42. The van der Waals surface area contributed by atoms with E-state index in [4.69, 9.17) is 0 Å². The van der Waals surface area contributed by atoms with Crippen molar-refractivity contribution in [2.45, 2.75) is 12.6 Å². The standard InChI is InChI=1S/C16H12F4N2O4S/c17-15-10(2-1-3-11(15)16(18,19)20)6-9-4-5-12(13(23)7-9)22-8-14(24)21-27(22,25)26/h1-5,7-8,21,23-24H,6H2. The number of nitrogens with one attached hydrogen (secondary N) is 1. The maximum Gasteiger partial charge on any atom is 0.419 e. The number of rotatable bonds is 3. The van der Waals surface area contributed by atoms with Gasteiger partial charge in [-0.3, -0.25) is 0 Å². The summed E-state index contributed by atoms with van der Waals surface area (Å²) < 4.78 is 78.5. The highest BCUT2D eigenvalue weighted by Gasteiger charge is 2.35. The van der Waals surface area contributed by atoms with Gasteiger partial charge in [-0.2, -0.15) is 21.6 Å². The second-order valence-corrected chi connectivity index (χ2v) is 7.24. The highest BCUT2D eigenvalue weighted by molar-refractivity contribution is 7.91. The van der Waals surface area contributed by atoms with Crippen LogP contribution in [-0.2, 0) is 22.8 Å². The fraction of sp³-hybridized carbons (Fsp3) is 0.125. The van der Waals surface area contributed by atoms with Crippen molar-refractivity contribution < 1.29 is 36.2 Å².